The highest BCUT2D eigenvalue weighted by Crippen LogP contribution is 2.15. The van der Waals surface area contributed by atoms with Crippen LogP contribution >= 0.6 is 11.6 Å². The van der Waals surface area contributed by atoms with Crippen LogP contribution in [0.2, 0.25) is 5.15 Å². The second-order valence-electron chi connectivity index (χ2n) is 3.62. The molecule has 0 saturated carbocycles. The van der Waals surface area contributed by atoms with Crippen LogP contribution in [0.25, 0.3) is 0 Å². The zero-order valence-electron chi connectivity index (χ0n) is 10.2. The van der Waals surface area contributed by atoms with Crippen molar-refractivity contribution in [3.63, 3.8) is 0 Å². The molecule has 0 atom stereocenters. The van der Waals surface area contributed by atoms with E-state index in [2.05, 4.69) is 20.4 Å². The maximum atomic E-state index is 11.7. The molecule has 0 radical (unpaired) electrons. The van der Waals surface area contributed by atoms with E-state index in [9.17, 15) is 4.79 Å². The molecule has 0 fully saturated rings. The number of nitrogens with one attached hydrogen (secondary N) is 1. The highest BCUT2D eigenvalue weighted by molar-refractivity contribution is 6.29. The van der Waals surface area contributed by atoms with Gasteiger partial charge in [-0.05, 0) is 6.07 Å². The molecule has 8 heteroatoms. The van der Waals surface area contributed by atoms with Crippen LogP contribution in [-0.4, -0.2) is 32.8 Å². The SMILES string of the molecule is COc1cc(Cl)nc(NC(=O)CCn2cccn2)n1. The molecular formula is C11H12ClN5O2. The van der Waals surface area contributed by atoms with Crippen LogP contribution in [0, 0.1) is 0 Å². The number of aromatic nitrogens is 4. The summed E-state index contributed by atoms with van der Waals surface area (Å²) in [6, 6.07) is 3.25. The molecule has 0 saturated heterocycles. The molecule has 1 amide bonds. The standard InChI is InChI=1S/C11H12ClN5O2/c1-19-10-7-8(12)14-11(16-10)15-9(18)3-6-17-5-2-4-13-17/h2,4-5,7H,3,6H2,1H3,(H,14,15,16,18). The fraction of sp³-hybridized carbons (Fsp3) is 0.273. The lowest BCUT2D eigenvalue weighted by molar-refractivity contribution is -0.116. The summed E-state index contributed by atoms with van der Waals surface area (Å²) in [5.74, 6) is 0.192. The Labute approximate surface area is 114 Å². The second kappa shape index (κ2) is 6.14. The first-order chi connectivity index (χ1) is 9.17. The van der Waals surface area contributed by atoms with Crippen molar-refractivity contribution >= 4 is 23.5 Å². The van der Waals surface area contributed by atoms with Gasteiger partial charge in [-0.1, -0.05) is 11.6 Å². The van der Waals surface area contributed by atoms with Crippen molar-refractivity contribution in [2.75, 3.05) is 12.4 Å². The van der Waals surface area contributed by atoms with Crippen LogP contribution in [0.3, 0.4) is 0 Å². The quantitative estimate of drug-likeness (QED) is 0.837. The summed E-state index contributed by atoms with van der Waals surface area (Å²) >= 11 is 5.77. The lowest BCUT2D eigenvalue weighted by atomic mass is 10.4. The minimum Gasteiger partial charge on any atom is -0.481 e. The van der Waals surface area contributed by atoms with Crippen LogP contribution in [0.4, 0.5) is 5.95 Å². The average molecular weight is 282 g/mol. The van der Waals surface area contributed by atoms with Gasteiger partial charge in [0.05, 0.1) is 7.11 Å². The molecule has 0 aliphatic rings. The van der Waals surface area contributed by atoms with E-state index >= 15 is 0 Å². The van der Waals surface area contributed by atoms with Crippen LogP contribution in [-0.2, 0) is 11.3 Å². The lowest BCUT2D eigenvalue weighted by Gasteiger charge is -2.06. The van der Waals surface area contributed by atoms with E-state index in [1.807, 2.05) is 0 Å². The Balaban J connectivity index is 1.93. The Morgan fingerprint density at radius 2 is 2.37 bits per heavy atom. The first kappa shape index (κ1) is 13.3. The normalized spacial score (nSPS) is 10.2. The summed E-state index contributed by atoms with van der Waals surface area (Å²) in [4.78, 5) is 19.6. The molecule has 2 heterocycles. The number of hydrogen-bond acceptors (Lipinski definition) is 5. The minimum atomic E-state index is -0.222. The second-order valence-corrected chi connectivity index (χ2v) is 4.01. The molecule has 0 unspecified atom stereocenters. The Morgan fingerprint density at radius 3 is 3.05 bits per heavy atom. The van der Waals surface area contributed by atoms with Crippen molar-refractivity contribution in [3.05, 3.63) is 29.7 Å². The van der Waals surface area contributed by atoms with Crippen LogP contribution in [0.1, 0.15) is 6.42 Å². The van der Waals surface area contributed by atoms with Gasteiger partial charge in [-0.2, -0.15) is 10.1 Å². The summed E-state index contributed by atoms with van der Waals surface area (Å²) in [6.07, 6.45) is 3.70. The van der Waals surface area contributed by atoms with Crippen LogP contribution < -0.4 is 10.1 Å². The van der Waals surface area contributed by atoms with Gasteiger partial charge in [0, 0.05) is 31.4 Å². The predicted molar refractivity (Wildman–Crippen MR) is 69.1 cm³/mol. The number of anilines is 1. The molecule has 1 N–H and O–H groups in total. The predicted octanol–water partition coefficient (Wildman–Crippen LogP) is 1.36. The number of carbonyl (C=O) groups is 1. The number of ether oxygens (including phenoxy) is 1. The van der Waals surface area contributed by atoms with E-state index in [1.165, 1.54) is 13.2 Å². The lowest BCUT2D eigenvalue weighted by Crippen LogP contribution is -2.16. The van der Waals surface area contributed by atoms with E-state index < -0.39 is 0 Å². The maximum Gasteiger partial charge on any atom is 0.234 e. The van der Waals surface area contributed by atoms with E-state index in [0.29, 0.717) is 12.4 Å². The Kier molecular flexibility index (Phi) is 4.30. The fourth-order valence-corrected chi connectivity index (χ4v) is 1.57. The van der Waals surface area contributed by atoms with Crippen molar-refractivity contribution in [3.8, 4) is 5.88 Å². The Morgan fingerprint density at radius 1 is 1.53 bits per heavy atom. The number of methoxy groups -OCH3 is 1. The molecule has 0 spiro atoms. The molecule has 2 rings (SSSR count). The molecule has 0 aliphatic heterocycles. The summed E-state index contributed by atoms with van der Waals surface area (Å²) < 4.78 is 6.60. The summed E-state index contributed by atoms with van der Waals surface area (Å²) in [5, 5.41) is 6.76. The van der Waals surface area contributed by atoms with Crippen molar-refractivity contribution in [1.29, 1.82) is 0 Å². The monoisotopic (exact) mass is 281 g/mol. The van der Waals surface area contributed by atoms with E-state index in [0.717, 1.165) is 0 Å². The summed E-state index contributed by atoms with van der Waals surface area (Å²) in [5.41, 5.74) is 0. The molecule has 2 aromatic heterocycles. The molecule has 0 aromatic carbocycles. The summed E-state index contributed by atoms with van der Waals surface area (Å²) in [6.45, 7) is 0.483. The van der Waals surface area contributed by atoms with Gasteiger partial charge < -0.3 is 4.74 Å². The van der Waals surface area contributed by atoms with Gasteiger partial charge in [-0.15, -0.1) is 0 Å². The summed E-state index contributed by atoms with van der Waals surface area (Å²) in [7, 11) is 1.46. The highest BCUT2D eigenvalue weighted by atomic mass is 35.5. The van der Waals surface area contributed by atoms with Crippen LogP contribution in [0.15, 0.2) is 24.5 Å². The Bertz CT molecular complexity index is 558. The smallest absolute Gasteiger partial charge is 0.234 e. The number of halogens is 1. The minimum absolute atomic E-state index is 0.120. The largest absolute Gasteiger partial charge is 0.481 e. The zero-order valence-corrected chi connectivity index (χ0v) is 11.0. The van der Waals surface area contributed by atoms with Crippen molar-refractivity contribution < 1.29 is 9.53 Å². The Hall–Kier alpha value is -2.15. The fourth-order valence-electron chi connectivity index (χ4n) is 1.39. The van der Waals surface area contributed by atoms with Gasteiger partial charge in [0.1, 0.15) is 5.15 Å². The topological polar surface area (TPSA) is 81.9 Å². The van der Waals surface area contributed by atoms with Gasteiger partial charge >= 0.3 is 0 Å². The molecule has 7 nitrogen and oxygen atoms in total. The van der Waals surface area contributed by atoms with Gasteiger partial charge in [0.25, 0.3) is 0 Å². The number of carbonyl (C=O) groups excluding carboxylic acids is 1. The molecule has 0 aliphatic carbocycles. The van der Waals surface area contributed by atoms with Gasteiger partial charge in [0.2, 0.25) is 17.7 Å². The first-order valence-electron chi connectivity index (χ1n) is 5.53. The maximum absolute atomic E-state index is 11.7. The van der Waals surface area contributed by atoms with Gasteiger partial charge in [0.15, 0.2) is 0 Å². The number of rotatable bonds is 5. The number of aryl methyl sites for hydroxylation is 1. The molecule has 100 valence electrons. The van der Waals surface area contributed by atoms with E-state index in [4.69, 9.17) is 16.3 Å². The molecule has 0 bridgehead atoms. The van der Waals surface area contributed by atoms with Crippen molar-refractivity contribution in [2.24, 2.45) is 0 Å². The van der Waals surface area contributed by atoms with Crippen molar-refractivity contribution in [2.45, 2.75) is 13.0 Å². The number of amides is 1. The number of hydrogen-bond donors (Lipinski definition) is 1. The average Bonchev–Trinajstić information content (AvgIpc) is 2.88. The zero-order chi connectivity index (χ0) is 13.7. The third-order valence-corrected chi connectivity index (χ3v) is 2.45. The third-order valence-electron chi connectivity index (χ3n) is 2.26. The van der Waals surface area contributed by atoms with Crippen LogP contribution in [0.5, 0.6) is 5.88 Å². The first-order valence-corrected chi connectivity index (χ1v) is 5.91. The van der Waals surface area contributed by atoms with Gasteiger partial charge in [-0.25, -0.2) is 4.98 Å². The van der Waals surface area contributed by atoms with E-state index in [1.54, 1.807) is 23.1 Å². The molecule has 19 heavy (non-hydrogen) atoms. The molecular weight excluding hydrogens is 270 g/mol. The number of nitrogens with zero attached hydrogens (tertiary/aromatic N) is 4. The highest BCUT2D eigenvalue weighted by Gasteiger charge is 2.08. The van der Waals surface area contributed by atoms with E-state index in [-0.39, 0.29) is 23.4 Å². The third kappa shape index (κ3) is 3.92. The van der Waals surface area contributed by atoms with Crippen molar-refractivity contribution in [1.82, 2.24) is 19.7 Å². The van der Waals surface area contributed by atoms with Gasteiger partial charge in [-0.3, -0.25) is 14.8 Å². The molecule has 2 aromatic rings.